The quantitative estimate of drug-likeness (QED) is 0.741. The fraction of sp³-hybridized carbons (Fsp3) is 0.583. The molecule has 3 nitrogen and oxygen atoms in total. The lowest BCUT2D eigenvalue weighted by Crippen LogP contribution is -2.25. The van der Waals surface area contributed by atoms with E-state index in [-0.39, 0.29) is 0 Å². The molecule has 4 heteroatoms. The Kier molecular flexibility index (Phi) is 6.26. The van der Waals surface area contributed by atoms with Crippen molar-refractivity contribution >= 4 is 17.6 Å². The van der Waals surface area contributed by atoms with E-state index >= 15 is 0 Å². The molecular formula is C12H21N3S. The molecule has 0 aliphatic heterocycles. The Hall–Kier alpha value is -0.740. The Morgan fingerprint density at radius 1 is 1.38 bits per heavy atom. The van der Waals surface area contributed by atoms with Gasteiger partial charge < -0.3 is 10.6 Å². The van der Waals surface area contributed by atoms with Crippen LogP contribution in [0.25, 0.3) is 0 Å². The number of nitrogens with two attached hydrogens (primary N) is 1. The molecule has 90 valence electrons. The van der Waals surface area contributed by atoms with Gasteiger partial charge in [0.2, 0.25) is 0 Å². The fourth-order valence-corrected chi connectivity index (χ4v) is 2.48. The summed E-state index contributed by atoms with van der Waals surface area (Å²) in [6.07, 6.45) is 1.74. The number of aromatic nitrogens is 1. The highest BCUT2D eigenvalue weighted by Gasteiger charge is 2.01. The Balaban J connectivity index is 2.23. The lowest BCUT2D eigenvalue weighted by molar-refractivity contribution is 0.324. The van der Waals surface area contributed by atoms with E-state index < -0.39 is 0 Å². The van der Waals surface area contributed by atoms with Crippen LogP contribution in [0, 0.1) is 0 Å². The van der Waals surface area contributed by atoms with E-state index in [9.17, 15) is 0 Å². The van der Waals surface area contributed by atoms with Crippen molar-refractivity contribution in [2.45, 2.75) is 19.6 Å². The van der Waals surface area contributed by atoms with Crippen molar-refractivity contribution in [2.75, 3.05) is 31.1 Å². The minimum Gasteiger partial charge on any atom is -0.383 e. The normalized spacial score (nSPS) is 10.9. The molecule has 0 saturated heterocycles. The van der Waals surface area contributed by atoms with Crippen LogP contribution in [0.5, 0.6) is 0 Å². The zero-order chi connectivity index (χ0) is 11.8. The zero-order valence-electron chi connectivity index (χ0n) is 10.1. The number of hydrogen-bond acceptors (Lipinski definition) is 4. The van der Waals surface area contributed by atoms with Gasteiger partial charge in [0.25, 0.3) is 0 Å². The minimum absolute atomic E-state index is 0.665. The molecule has 0 unspecified atom stereocenters. The third-order valence-corrected chi connectivity index (χ3v) is 3.62. The van der Waals surface area contributed by atoms with Crippen molar-refractivity contribution in [3.05, 3.63) is 23.9 Å². The lowest BCUT2D eigenvalue weighted by atomic mass is 10.3. The highest BCUT2D eigenvalue weighted by molar-refractivity contribution is 7.98. The van der Waals surface area contributed by atoms with Gasteiger partial charge in [0, 0.05) is 29.8 Å². The summed E-state index contributed by atoms with van der Waals surface area (Å²) in [6.45, 7) is 7.82. The molecule has 0 aliphatic carbocycles. The average molecular weight is 239 g/mol. The van der Waals surface area contributed by atoms with Gasteiger partial charge in [0.1, 0.15) is 5.82 Å². The number of thioether (sulfide) groups is 1. The minimum atomic E-state index is 0.665. The third kappa shape index (κ3) is 4.41. The van der Waals surface area contributed by atoms with Crippen molar-refractivity contribution in [1.29, 1.82) is 0 Å². The first-order chi connectivity index (χ1) is 7.77. The molecule has 0 bridgehead atoms. The summed E-state index contributed by atoms with van der Waals surface area (Å²) in [4.78, 5) is 6.51. The van der Waals surface area contributed by atoms with Crippen molar-refractivity contribution in [3.63, 3.8) is 0 Å². The molecule has 0 aromatic carbocycles. The zero-order valence-corrected chi connectivity index (χ0v) is 11.0. The Labute approximate surface area is 102 Å². The van der Waals surface area contributed by atoms with Crippen LogP contribution in [0.3, 0.4) is 0 Å². The molecular weight excluding hydrogens is 218 g/mol. The van der Waals surface area contributed by atoms with Crippen molar-refractivity contribution < 1.29 is 0 Å². The number of nitrogens with zero attached hydrogens (tertiary/aromatic N) is 2. The van der Waals surface area contributed by atoms with Gasteiger partial charge in [-0.1, -0.05) is 19.9 Å². The number of rotatable bonds is 7. The number of pyridine rings is 1. The van der Waals surface area contributed by atoms with Crippen LogP contribution in [-0.2, 0) is 5.75 Å². The summed E-state index contributed by atoms with van der Waals surface area (Å²) in [5.41, 5.74) is 6.93. The maximum absolute atomic E-state index is 5.78. The van der Waals surface area contributed by atoms with E-state index in [1.807, 2.05) is 23.9 Å². The second-order valence-electron chi connectivity index (χ2n) is 3.63. The summed E-state index contributed by atoms with van der Waals surface area (Å²) in [5, 5.41) is 0. The molecule has 16 heavy (non-hydrogen) atoms. The molecule has 1 aromatic rings. The SMILES string of the molecule is CCN(CC)CCSCc1cccnc1N. The standard InChI is InChI=1S/C12H21N3S/c1-3-15(4-2)8-9-16-10-11-6-5-7-14-12(11)13/h5-7H,3-4,8-10H2,1-2H3,(H2,13,14). The summed E-state index contributed by atoms with van der Waals surface area (Å²) < 4.78 is 0. The van der Waals surface area contributed by atoms with Crippen molar-refractivity contribution in [1.82, 2.24) is 9.88 Å². The number of nitrogen functional groups attached to an aromatic ring is 1. The maximum Gasteiger partial charge on any atom is 0.127 e. The summed E-state index contributed by atoms with van der Waals surface area (Å²) in [6, 6.07) is 3.99. The van der Waals surface area contributed by atoms with Gasteiger partial charge in [-0.15, -0.1) is 0 Å². The molecule has 0 saturated carbocycles. The Morgan fingerprint density at radius 2 is 2.12 bits per heavy atom. The highest BCUT2D eigenvalue weighted by Crippen LogP contribution is 2.16. The molecule has 1 aromatic heterocycles. The van der Waals surface area contributed by atoms with E-state index in [2.05, 4.69) is 23.7 Å². The first-order valence-electron chi connectivity index (χ1n) is 5.77. The van der Waals surface area contributed by atoms with Crippen LogP contribution in [0.1, 0.15) is 19.4 Å². The van der Waals surface area contributed by atoms with E-state index in [0.29, 0.717) is 5.82 Å². The van der Waals surface area contributed by atoms with E-state index in [0.717, 1.165) is 36.7 Å². The molecule has 0 fully saturated rings. The average Bonchev–Trinajstić information content (AvgIpc) is 2.31. The van der Waals surface area contributed by atoms with E-state index in [1.165, 1.54) is 0 Å². The van der Waals surface area contributed by atoms with Gasteiger partial charge in [0.05, 0.1) is 0 Å². The second kappa shape index (κ2) is 7.52. The molecule has 0 aliphatic rings. The monoisotopic (exact) mass is 239 g/mol. The van der Waals surface area contributed by atoms with Crippen LogP contribution in [0.15, 0.2) is 18.3 Å². The van der Waals surface area contributed by atoms with Gasteiger partial charge in [-0.3, -0.25) is 0 Å². The van der Waals surface area contributed by atoms with Gasteiger partial charge in [-0.05, 0) is 19.2 Å². The molecule has 0 atom stereocenters. The van der Waals surface area contributed by atoms with Crippen molar-refractivity contribution in [2.24, 2.45) is 0 Å². The lowest BCUT2D eigenvalue weighted by Gasteiger charge is -2.17. The fourth-order valence-electron chi connectivity index (χ4n) is 1.49. The van der Waals surface area contributed by atoms with E-state index in [4.69, 9.17) is 5.73 Å². The van der Waals surface area contributed by atoms with Crippen LogP contribution >= 0.6 is 11.8 Å². The Bertz CT molecular complexity index is 300. The van der Waals surface area contributed by atoms with Crippen LogP contribution in [0.4, 0.5) is 5.82 Å². The second-order valence-corrected chi connectivity index (χ2v) is 4.73. The summed E-state index contributed by atoms with van der Waals surface area (Å²) in [5.74, 6) is 2.77. The number of anilines is 1. The Morgan fingerprint density at radius 3 is 2.75 bits per heavy atom. The van der Waals surface area contributed by atoms with Crippen LogP contribution in [0.2, 0.25) is 0 Å². The number of hydrogen-bond donors (Lipinski definition) is 1. The topological polar surface area (TPSA) is 42.2 Å². The molecule has 2 N–H and O–H groups in total. The largest absolute Gasteiger partial charge is 0.383 e. The first kappa shape index (κ1) is 13.3. The molecule has 1 rings (SSSR count). The molecule has 1 heterocycles. The summed E-state index contributed by atoms with van der Waals surface area (Å²) >= 11 is 1.92. The van der Waals surface area contributed by atoms with Crippen LogP contribution < -0.4 is 5.73 Å². The smallest absolute Gasteiger partial charge is 0.127 e. The van der Waals surface area contributed by atoms with Gasteiger partial charge in [0.15, 0.2) is 0 Å². The molecule has 0 amide bonds. The molecule has 0 radical (unpaired) electrons. The first-order valence-corrected chi connectivity index (χ1v) is 6.92. The van der Waals surface area contributed by atoms with Gasteiger partial charge >= 0.3 is 0 Å². The van der Waals surface area contributed by atoms with Crippen molar-refractivity contribution in [3.8, 4) is 0 Å². The highest BCUT2D eigenvalue weighted by atomic mass is 32.2. The van der Waals surface area contributed by atoms with E-state index in [1.54, 1.807) is 6.20 Å². The third-order valence-electron chi connectivity index (χ3n) is 2.63. The van der Waals surface area contributed by atoms with Crippen LogP contribution in [-0.4, -0.2) is 35.3 Å². The predicted molar refractivity (Wildman–Crippen MR) is 72.6 cm³/mol. The maximum atomic E-state index is 5.78. The molecule has 0 spiro atoms. The van der Waals surface area contributed by atoms with Gasteiger partial charge in [-0.2, -0.15) is 11.8 Å². The van der Waals surface area contributed by atoms with Gasteiger partial charge in [-0.25, -0.2) is 4.98 Å². The summed E-state index contributed by atoms with van der Waals surface area (Å²) in [7, 11) is 0. The predicted octanol–water partition coefficient (Wildman–Crippen LogP) is 2.24.